The van der Waals surface area contributed by atoms with Crippen LogP contribution in [0.5, 0.6) is 5.75 Å². The Balaban J connectivity index is 2.04. The molecule has 122 valence electrons. The van der Waals surface area contributed by atoms with Crippen LogP contribution < -0.4 is 18.1 Å². The van der Waals surface area contributed by atoms with Crippen molar-refractivity contribution < 1.29 is 9.47 Å². The van der Waals surface area contributed by atoms with Gasteiger partial charge in [-0.1, -0.05) is 0 Å². The molecule has 0 heterocycles. The molecule has 3 aromatic carbocycles. The molecule has 0 saturated carbocycles. The van der Waals surface area contributed by atoms with Crippen molar-refractivity contribution in [2.24, 2.45) is 0 Å². The second-order valence-corrected chi connectivity index (χ2v) is 9.41. The molecule has 3 rings (SSSR count). The van der Waals surface area contributed by atoms with Crippen molar-refractivity contribution >= 4 is 27.3 Å². The van der Waals surface area contributed by atoms with Gasteiger partial charge in [0.05, 0.1) is 0 Å². The minimum absolute atomic E-state index is 0.565. The van der Waals surface area contributed by atoms with Gasteiger partial charge in [-0.2, -0.15) is 0 Å². The molecule has 0 bridgehead atoms. The summed E-state index contributed by atoms with van der Waals surface area (Å²) in [6.45, 7) is 1.16. The van der Waals surface area contributed by atoms with Crippen LogP contribution in [0.4, 0.5) is 0 Å². The van der Waals surface area contributed by atoms with Gasteiger partial charge in [0.2, 0.25) is 0 Å². The SMILES string of the molecule is COCCOc1ccccc1[Se+](c1ccccc1)c1ccccc1. The molecule has 0 radical (unpaired) electrons. The number of hydrogen-bond acceptors (Lipinski definition) is 2. The molecule has 0 saturated heterocycles. The zero-order valence-electron chi connectivity index (χ0n) is 13.7. The molecule has 0 fully saturated rings. The second-order valence-electron chi connectivity index (χ2n) is 5.22. The Hall–Kier alpha value is -2.06. The van der Waals surface area contributed by atoms with Crippen molar-refractivity contribution in [1.82, 2.24) is 0 Å². The molecule has 0 N–H and O–H groups in total. The molecule has 2 nitrogen and oxygen atoms in total. The van der Waals surface area contributed by atoms with Crippen molar-refractivity contribution in [2.45, 2.75) is 0 Å². The van der Waals surface area contributed by atoms with Gasteiger partial charge < -0.3 is 0 Å². The summed E-state index contributed by atoms with van der Waals surface area (Å²) in [6, 6.07) is 29.9. The zero-order chi connectivity index (χ0) is 16.6. The Morgan fingerprint density at radius 3 is 1.79 bits per heavy atom. The molecule has 0 aliphatic rings. The van der Waals surface area contributed by atoms with Crippen LogP contribution in [0.3, 0.4) is 0 Å². The summed E-state index contributed by atoms with van der Waals surface area (Å²) in [5.41, 5.74) is 0. The van der Waals surface area contributed by atoms with E-state index in [-0.39, 0.29) is 0 Å². The Morgan fingerprint density at radius 1 is 0.667 bits per heavy atom. The van der Waals surface area contributed by atoms with Crippen molar-refractivity contribution in [3.63, 3.8) is 0 Å². The van der Waals surface area contributed by atoms with Gasteiger partial charge in [-0.3, -0.25) is 0 Å². The van der Waals surface area contributed by atoms with Crippen LogP contribution in [0.2, 0.25) is 0 Å². The Labute approximate surface area is 147 Å². The van der Waals surface area contributed by atoms with Crippen LogP contribution in [-0.4, -0.2) is 34.2 Å². The molecule has 0 atom stereocenters. The Morgan fingerprint density at radius 2 is 1.21 bits per heavy atom. The number of benzene rings is 3. The molecule has 24 heavy (non-hydrogen) atoms. The van der Waals surface area contributed by atoms with Gasteiger partial charge in [-0.05, 0) is 0 Å². The first-order valence-corrected chi connectivity index (χ1v) is 10.5. The van der Waals surface area contributed by atoms with Crippen molar-refractivity contribution in [3.8, 4) is 5.75 Å². The summed E-state index contributed by atoms with van der Waals surface area (Å²) in [7, 11) is 1.69. The summed E-state index contributed by atoms with van der Waals surface area (Å²) in [4.78, 5) is 0. The molecule has 0 unspecified atom stereocenters. The fourth-order valence-electron chi connectivity index (χ4n) is 2.48. The summed E-state index contributed by atoms with van der Waals surface area (Å²) < 4.78 is 15.2. The Bertz CT molecular complexity index is 705. The molecule has 0 amide bonds. The van der Waals surface area contributed by atoms with Gasteiger partial charge in [0.15, 0.2) is 0 Å². The summed E-state index contributed by atoms with van der Waals surface area (Å²) in [5.74, 6) is 0.965. The maximum atomic E-state index is 6.01. The van der Waals surface area contributed by atoms with Gasteiger partial charge in [-0.15, -0.1) is 0 Å². The first-order chi connectivity index (χ1) is 11.9. The molecule has 0 aromatic heterocycles. The number of ether oxygens (including phenoxy) is 2. The Kier molecular flexibility index (Phi) is 6.08. The van der Waals surface area contributed by atoms with Crippen molar-refractivity contribution in [2.75, 3.05) is 20.3 Å². The molecule has 3 aromatic rings. The van der Waals surface area contributed by atoms with Crippen molar-refractivity contribution in [3.05, 3.63) is 84.9 Å². The molecule has 0 aliphatic carbocycles. The fraction of sp³-hybridized carbons (Fsp3) is 0.143. The van der Waals surface area contributed by atoms with Gasteiger partial charge in [0, 0.05) is 0 Å². The standard InChI is InChI=1S/C21H21O2Se/c1-22-16-17-23-20-14-8-9-15-21(20)24(18-10-4-2-5-11-18)19-12-6-3-7-13-19/h2-15H,16-17H2,1H3/q+1. The second kappa shape index (κ2) is 8.70. The van der Waals surface area contributed by atoms with E-state index in [1.165, 1.54) is 13.4 Å². The third-order valence-electron chi connectivity index (χ3n) is 3.57. The van der Waals surface area contributed by atoms with E-state index in [0.29, 0.717) is 13.2 Å². The zero-order valence-corrected chi connectivity index (χ0v) is 15.4. The predicted molar refractivity (Wildman–Crippen MR) is 101 cm³/mol. The predicted octanol–water partition coefficient (Wildman–Crippen LogP) is 2.23. The molecule has 3 heteroatoms. The quantitative estimate of drug-likeness (QED) is 0.460. The van der Waals surface area contributed by atoms with E-state index >= 15 is 0 Å². The number of hydrogen-bond donors (Lipinski definition) is 0. The van der Waals surface area contributed by atoms with Gasteiger partial charge >= 0.3 is 148 Å². The van der Waals surface area contributed by atoms with Crippen molar-refractivity contribution in [1.29, 1.82) is 0 Å². The molecule has 0 aliphatic heterocycles. The number of rotatable bonds is 7. The molecular weight excluding hydrogens is 363 g/mol. The molecular formula is C21H21O2Se+. The van der Waals surface area contributed by atoms with E-state index in [1.807, 2.05) is 6.07 Å². The maximum absolute atomic E-state index is 6.01. The van der Waals surface area contributed by atoms with Crippen LogP contribution in [0.1, 0.15) is 0 Å². The monoisotopic (exact) mass is 385 g/mol. The van der Waals surface area contributed by atoms with E-state index in [4.69, 9.17) is 9.47 Å². The van der Waals surface area contributed by atoms with E-state index in [2.05, 4.69) is 78.9 Å². The van der Waals surface area contributed by atoms with E-state index < -0.39 is 13.9 Å². The van der Waals surface area contributed by atoms with E-state index in [1.54, 1.807) is 7.11 Å². The number of methoxy groups -OCH3 is 1. The van der Waals surface area contributed by atoms with Gasteiger partial charge in [0.25, 0.3) is 0 Å². The first kappa shape index (κ1) is 16.8. The third kappa shape index (κ3) is 4.07. The summed E-state index contributed by atoms with van der Waals surface area (Å²) in [5, 5.41) is 0. The average molecular weight is 384 g/mol. The first-order valence-electron chi connectivity index (χ1n) is 7.95. The molecule has 0 spiro atoms. The van der Waals surface area contributed by atoms with Crippen LogP contribution >= 0.6 is 0 Å². The number of para-hydroxylation sites is 1. The third-order valence-corrected chi connectivity index (χ3v) is 8.32. The van der Waals surface area contributed by atoms with Crippen LogP contribution in [0, 0.1) is 0 Å². The summed E-state index contributed by atoms with van der Waals surface area (Å²) in [6.07, 6.45) is 0. The van der Waals surface area contributed by atoms with E-state index in [0.717, 1.165) is 5.75 Å². The minimum atomic E-state index is -1.39. The van der Waals surface area contributed by atoms with Gasteiger partial charge in [0.1, 0.15) is 0 Å². The summed E-state index contributed by atoms with van der Waals surface area (Å²) >= 11 is -1.39. The fourth-order valence-corrected chi connectivity index (χ4v) is 7.05. The topological polar surface area (TPSA) is 18.5 Å². The van der Waals surface area contributed by atoms with Crippen LogP contribution in [0.25, 0.3) is 0 Å². The normalized spacial score (nSPS) is 10.8. The van der Waals surface area contributed by atoms with Crippen LogP contribution in [0.15, 0.2) is 84.9 Å². The van der Waals surface area contributed by atoms with E-state index in [9.17, 15) is 0 Å². The average Bonchev–Trinajstić information content (AvgIpc) is 2.65. The van der Waals surface area contributed by atoms with Crippen LogP contribution in [-0.2, 0) is 4.74 Å². The van der Waals surface area contributed by atoms with Gasteiger partial charge in [-0.25, -0.2) is 0 Å².